The molecule has 0 fully saturated rings. The van der Waals surface area contributed by atoms with Gasteiger partial charge in [0.15, 0.2) is 0 Å². The van der Waals surface area contributed by atoms with Gasteiger partial charge in [-0.25, -0.2) is 18.2 Å². The van der Waals surface area contributed by atoms with E-state index in [1.54, 1.807) is 57.2 Å². The number of rotatable bonds is 7. The second kappa shape index (κ2) is 9.44. The summed E-state index contributed by atoms with van der Waals surface area (Å²) in [4.78, 5) is 16.3. The molecule has 2 aromatic carbocycles. The Morgan fingerprint density at radius 2 is 1.78 bits per heavy atom. The van der Waals surface area contributed by atoms with Crippen molar-refractivity contribution in [2.75, 3.05) is 24.5 Å². The van der Waals surface area contributed by atoms with Crippen molar-refractivity contribution in [3.8, 4) is 5.88 Å². The Bertz CT molecular complexity index is 1180. The molecule has 0 aliphatic carbocycles. The zero-order chi connectivity index (χ0) is 23.4. The Labute approximate surface area is 188 Å². The fourth-order valence-corrected chi connectivity index (χ4v) is 4.81. The first kappa shape index (κ1) is 23.3. The molecule has 0 aliphatic rings. The predicted octanol–water partition coefficient (Wildman–Crippen LogP) is 3.96. The number of pyridine rings is 1. The SMILES string of the molecule is COc1ccc(N(CCNC(=O)OC(C)(C)C)S(=O)(=O)c2cccc3ccccc23)cn1. The van der Waals surface area contributed by atoms with Gasteiger partial charge in [0.2, 0.25) is 5.88 Å². The average Bonchev–Trinajstić information content (AvgIpc) is 2.75. The molecule has 0 bridgehead atoms. The molecule has 1 aromatic heterocycles. The molecule has 0 spiro atoms. The van der Waals surface area contributed by atoms with E-state index < -0.39 is 21.7 Å². The highest BCUT2D eigenvalue weighted by Crippen LogP contribution is 2.29. The maximum atomic E-state index is 13.7. The molecule has 9 heteroatoms. The van der Waals surface area contributed by atoms with Crippen molar-refractivity contribution in [2.24, 2.45) is 0 Å². The van der Waals surface area contributed by atoms with Gasteiger partial charge in [0.25, 0.3) is 10.0 Å². The molecule has 0 radical (unpaired) electrons. The van der Waals surface area contributed by atoms with Gasteiger partial charge in [0.1, 0.15) is 5.60 Å². The van der Waals surface area contributed by atoms with Crippen molar-refractivity contribution >= 4 is 32.6 Å². The Kier molecular flexibility index (Phi) is 6.88. The quantitative estimate of drug-likeness (QED) is 0.577. The second-order valence-corrected chi connectivity index (χ2v) is 9.87. The zero-order valence-electron chi connectivity index (χ0n) is 18.5. The van der Waals surface area contributed by atoms with Crippen LogP contribution >= 0.6 is 0 Å². The summed E-state index contributed by atoms with van der Waals surface area (Å²) in [5.74, 6) is 0.364. The monoisotopic (exact) mass is 457 g/mol. The third-order valence-corrected chi connectivity index (χ3v) is 6.40. The van der Waals surface area contributed by atoms with E-state index in [2.05, 4.69) is 10.3 Å². The summed E-state index contributed by atoms with van der Waals surface area (Å²) >= 11 is 0. The van der Waals surface area contributed by atoms with Crippen molar-refractivity contribution in [3.05, 3.63) is 60.8 Å². The molecule has 8 nitrogen and oxygen atoms in total. The van der Waals surface area contributed by atoms with Crippen LogP contribution in [0.25, 0.3) is 10.8 Å². The van der Waals surface area contributed by atoms with Gasteiger partial charge in [-0.3, -0.25) is 4.31 Å². The highest BCUT2D eigenvalue weighted by atomic mass is 32.2. The number of nitrogens with zero attached hydrogens (tertiary/aromatic N) is 2. The molecule has 0 unspecified atom stereocenters. The van der Waals surface area contributed by atoms with E-state index in [0.29, 0.717) is 17.0 Å². The number of nitrogens with one attached hydrogen (secondary N) is 1. The number of anilines is 1. The van der Waals surface area contributed by atoms with Gasteiger partial charge in [-0.2, -0.15) is 0 Å². The van der Waals surface area contributed by atoms with E-state index in [-0.39, 0.29) is 18.0 Å². The van der Waals surface area contributed by atoms with Crippen LogP contribution in [0.4, 0.5) is 10.5 Å². The van der Waals surface area contributed by atoms with E-state index in [0.717, 1.165) is 5.39 Å². The number of methoxy groups -OCH3 is 1. The van der Waals surface area contributed by atoms with Crippen molar-refractivity contribution in [2.45, 2.75) is 31.3 Å². The normalized spacial score (nSPS) is 11.8. The number of aromatic nitrogens is 1. The van der Waals surface area contributed by atoms with Crippen LogP contribution in [0.15, 0.2) is 65.7 Å². The first-order valence-electron chi connectivity index (χ1n) is 10.1. The van der Waals surface area contributed by atoms with Gasteiger partial charge in [-0.05, 0) is 38.3 Å². The molecule has 0 atom stereocenters. The minimum Gasteiger partial charge on any atom is -0.481 e. The van der Waals surface area contributed by atoms with Crippen LogP contribution in [-0.2, 0) is 14.8 Å². The number of fused-ring (bicyclic) bond motifs is 1. The lowest BCUT2D eigenvalue weighted by atomic mass is 10.1. The fraction of sp³-hybridized carbons (Fsp3) is 0.304. The Morgan fingerprint density at radius 1 is 1.06 bits per heavy atom. The lowest BCUT2D eigenvalue weighted by molar-refractivity contribution is 0.0529. The standard InChI is InChI=1S/C23H27N3O5S/c1-23(2,3)31-22(27)24-14-15-26(18-12-13-21(30-4)25-16-18)32(28,29)20-11-7-9-17-8-5-6-10-19(17)20/h5-13,16H,14-15H2,1-4H3,(H,24,27). The number of hydrogen-bond donors (Lipinski definition) is 1. The number of sulfonamides is 1. The fourth-order valence-electron chi connectivity index (χ4n) is 3.14. The van der Waals surface area contributed by atoms with Crippen LogP contribution < -0.4 is 14.4 Å². The third-order valence-electron chi connectivity index (χ3n) is 4.52. The predicted molar refractivity (Wildman–Crippen MR) is 124 cm³/mol. The van der Waals surface area contributed by atoms with Gasteiger partial charge < -0.3 is 14.8 Å². The van der Waals surface area contributed by atoms with Crippen molar-refractivity contribution in [3.63, 3.8) is 0 Å². The van der Waals surface area contributed by atoms with Crippen LogP contribution in [0.1, 0.15) is 20.8 Å². The third kappa shape index (κ3) is 5.47. The lowest BCUT2D eigenvalue weighted by Crippen LogP contribution is -2.40. The molecule has 1 amide bonds. The summed E-state index contributed by atoms with van der Waals surface area (Å²) in [6, 6.07) is 15.6. The molecule has 1 heterocycles. The highest BCUT2D eigenvalue weighted by Gasteiger charge is 2.27. The van der Waals surface area contributed by atoms with Crippen molar-refractivity contribution < 1.29 is 22.7 Å². The minimum absolute atomic E-state index is 0.0151. The van der Waals surface area contributed by atoms with Gasteiger partial charge in [0.05, 0.1) is 30.4 Å². The molecule has 32 heavy (non-hydrogen) atoms. The number of carbonyl (C=O) groups is 1. The summed E-state index contributed by atoms with van der Waals surface area (Å²) in [5.41, 5.74) is -0.302. The number of alkyl carbamates (subject to hydrolysis) is 1. The van der Waals surface area contributed by atoms with Crippen LogP contribution in [0.3, 0.4) is 0 Å². The van der Waals surface area contributed by atoms with Crippen LogP contribution in [-0.4, -0.2) is 45.3 Å². The molecule has 3 rings (SSSR count). The van der Waals surface area contributed by atoms with Crippen molar-refractivity contribution in [1.29, 1.82) is 0 Å². The molecule has 170 valence electrons. The smallest absolute Gasteiger partial charge is 0.407 e. The molecule has 0 saturated carbocycles. The summed E-state index contributed by atoms with van der Waals surface area (Å²) < 4.78 is 39.0. The van der Waals surface area contributed by atoms with E-state index in [9.17, 15) is 13.2 Å². The molecule has 0 saturated heterocycles. The first-order valence-corrected chi connectivity index (χ1v) is 11.5. The van der Waals surface area contributed by atoms with Crippen molar-refractivity contribution in [1.82, 2.24) is 10.3 Å². The number of benzene rings is 2. The van der Waals surface area contributed by atoms with E-state index in [4.69, 9.17) is 9.47 Å². The van der Waals surface area contributed by atoms with E-state index >= 15 is 0 Å². The minimum atomic E-state index is -3.97. The Hall–Kier alpha value is -3.33. The molecular formula is C23H27N3O5S. The first-order chi connectivity index (χ1) is 15.1. The topological polar surface area (TPSA) is 97.8 Å². The molecule has 0 aliphatic heterocycles. The van der Waals surface area contributed by atoms with Crippen LogP contribution in [0.5, 0.6) is 5.88 Å². The van der Waals surface area contributed by atoms with E-state index in [1.165, 1.54) is 17.6 Å². The van der Waals surface area contributed by atoms with Gasteiger partial charge in [-0.1, -0.05) is 36.4 Å². The number of ether oxygens (including phenoxy) is 2. The summed E-state index contributed by atoms with van der Waals surface area (Å²) in [6.07, 6.45) is 0.808. The number of carbonyl (C=O) groups excluding carboxylic acids is 1. The number of hydrogen-bond acceptors (Lipinski definition) is 6. The second-order valence-electron chi connectivity index (χ2n) is 8.04. The lowest BCUT2D eigenvalue weighted by Gasteiger charge is -2.26. The molecular weight excluding hydrogens is 430 g/mol. The Balaban J connectivity index is 1.94. The van der Waals surface area contributed by atoms with Gasteiger partial charge in [-0.15, -0.1) is 0 Å². The van der Waals surface area contributed by atoms with Gasteiger partial charge in [0, 0.05) is 18.0 Å². The summed E-state index contributed by atoms with van der Waals surface area (Å²) in [5, 5.41) is 4.04. The maximum absolute atomic E-state index is 13.7. The average molecular weight is 458 g/mol. The molecule has 1 N–H and O–H groups in total. The highest BCUT2D eigenvalue weighted by molar-refractivity contribution is 7.93. The number of amides is 1. The summed E-state index contributed by atoms with van der Waals surface area (Å²) in [7, 11) is -2.49. The van der Waals surface area contributed by atoms with Crippen LogP contribution in [0, 0.1) is 0 Å². The Morgan fingerprint density at radius 3 is 2.44 bits per heavy atom. The zero-order valence-corrected chi connectivity index (χ0v) is 19.3. The van der Waals surface area contributed by atoms with Gasteiger partial charge >= 0.3 is 6.09 Å². The van der Waals surface area contributed by atoms with E-state index in [1.807, 2.05) is 18.2 Å². The van der Waals surface area contributed by atoms with Crippen LogP contribution in [0.2, 0.25) is 0 Å². The molecule has 3 aromatic rings. The summed E-state index contributed by atoms with van der Waals surface area (Å²) in [6.45, 7) is 5.30. The maximum Gasteiger partial charge on any atom is 0.407 e. The largest absolute Gasteiger partial charge is 0.481 e.